The van der Waals surface area contributed by atoms with Gasteiger partial charge in [0.05, 0.1) is 20.3 Å². The van der Waals surface area contributed by atoms with Crippen LogP contribution in [-0.4, -0.2) is 52.7 Å². The Morgan fingerprint density at radius 2 is 1.83 bits per heavy atom. The summed E-state index contributed by atoms with van der Waals surface area (Å²) >= 11 is 0. The van der Waals surface area contributed by atoms with Crippen molar-refractivity contribution >= 4 is 27.4 Å². The highest BCUT2D eigenvalue weighted by Gasteiger charge is 2.22. The lowest BCUT2D eigenvalue weighted by Gasteiger charge is -2.28. The van der Waals surface area contributed by atoms with Crippen LogP contribution >= 0.6 is 0 Å². The molecular formula is C25H28N4O5S. The Morgan fingerprint density at radius 3 is 2.54 bits per heavy atom. The second-order valence-electron chi connectivity index (χ2n) is 8.14. The van der Waals surface area contributed by atoms with Crippen LogP contribution in [0.3, 0.4) is 0 Å². The van der Waals surface area contributed by atoms with Crippen molar-refractivity contribution in [3.8, 4) is 5.75 Å². The van der Waals surface area contributed by atoms with Crippen molar-refractivity contribution in [2.45, 2.75) is 18.4 Å². The summed E-state index contributed by atoms with van der Waals surface area (Å²) in [6.07, 6.45) is 1.71. The van der Waals surface area contributed by atoms with Gasteiger partial charge < -0.3 is 19.7 Å². The SMILES string of the molecule is COc1ccc(C(=O)NCc2ccnc(N3CCOCC3)c2)cc1S(=O)(=O)Nc1ccc(C)cc1. The quantitative estimate of drug-likeness (QED) is 0.493. The van der Waals surface area contributed by atoms with Crippen molar-refractivity contribution < 1.29 is 22.7 Å². The van der Waals surface area contributed by atoms with Crippen LogP contribution in [0, 0.1) is 6.92 Å². The van der Waals surface area contributed by atoms with Crippen LogP contribution in [0.5, 0.6) is 5.75 Å². The van der Waals surface area contributed by atoms with Gasteiger partial charge in [0.25, 0.3) is 15.9 Å². The zero-order valence-corrected chi connectivity index (χ0v) is 20.5. The zero-order valence-electron chi connectivity index (χ0n) is 19.7. The molecule has 9 nitrogen and oxygen atoms in total. The highest BCUT2D eigenvalue weighted by molar-refractivity contribution is 7.92. The Balaban J connectivity index is 1.48. The topological polar surface area (TPSA) is 110 Å². The lowest BCUT2D eigenvalue weighted by atomic mass is 10.2. The van der Waals surface area contributed by atoms with E-state index >= 15 is 0 Å². The van der Waals surface area contributed by atoms with E-state index in [9.17, 15) is 13.2 Å². The number of nitrogens with zero attached hydrogens (tertiary/aromatic N) is 2. The monoisotopic (exact) mass is 496 g/mol. The summed E-state index contributed by atoms with van der Waals surface area (Å²) < 4.78 is 39.3. The third kappa shape index (κ3) is 6.09. The number of anilines is 2. The van der Waals surface area contributed by atoms with Crippen molar-refractivity contribution in [1.29, 1.82) is 0 Å². The third-order valence-electron chi connectivity index (χ3n) is 5.62. The van der Waals surface area contributed by atoms with Crippen LogP contribution in [0.2, 0.25) is 0 Å². The average Bonchev–Trinajstić information content (AvgIpc) is 2.89. The summed E-state index contributed by atoms with van der Waals surface area (Å²) in [6, 6.07) is 15.1. The molecule has 2 N–H and O–H groups in total. The molecule has 0 spiro atoms. The van der Waals surface area contributed by atoms with E-state index in [1.807, 2.05) is 31.2 Å². The molecule has 0 radical (unpaired) electrons. The maximum absolute atomic E-state index is 13.1. The van der Waals surface area contributed by atoms with E-state index in [1.165, 1.54) is 25.3 Å². The van der Waals surface area contributed by atoms with Crippen LogP contribution in [0.4, 0.5) is 11.5 Å². The van der Waals surface area contributed by atoms with Crippen LogP contribution in [0.1, 0.15) is 21.5 Å². The Hall–Kier alpha value is -3.63. The number of sulfonamides is 1. The largest absolute Gasteiger partial charge is 0.495 e. The lowest BCUT2D eigenvalue weighted by Crippen LogP contribution is -2.36. The van der Waals surface area contributed by atoms with Gasteiger partial charge in [-0.3, -0.25) is 9.52 Å². The molecule has 3 aromatic rings. The van der Waals surface area contributed by atoms with Gasteiger partial charge >= 0.3 is 0 Å². The molecule has 1 aromatic heterocycles. The second kappa shape index (κ2) is 10.7. The minimum Gasteiger partial charge on any atom is -0.495 e. The number of nitrogens with one attached hydrogen (secondary N) is 2. The van der Waals surface area contributed by atoms with Gasteiger partial charge in [0, 0.05) is 37.1 Å². The summed E-state index contributed by atoms with van der Waals surface area (Å²) in [5.74, 6) is 0.578. The molecule has 1 amide bonds. The van der Waals surface area contributed by atoms with Gasteiger partial charge in [0.2, 0.25) is 0 Å². The minimum absolute atomic E-state index is 0.119. The van der Waals surface area contributed by atoms with Crippen molar-refractivity contribution in [3.05, 3.63) is 77.5 Å². The predicted molar refractivity (Wildman–Crippen MR) is 133 cm³/mol. The first-order valence-corrected chi connectivity index (χ1v) is 12.7. The molecule has 1 aliphatic heterocycles. The first-order valence-electron chi connectivity index (χ1n) is 11.2. The third-order valence-corrected chi connectivity index (χ3v) is 7.02. The molecule has 184 valence electrons. The number of aryl methyl sites for hydroxylation is 1. The molecule has 1 aliphatic rings. The molecule has 1 fully saturated rings. The number of rotatable bonds is 8. The fraction of sp³-hybridized carbons (Fsp3) is 0.280. The van der Waals surface area contributed by atoms with E-state index in [1.54, 1.807) is 18.3 Å². The molecule has 1 saturated heterocycles. The normalized spacial score (nSPS) is 13.8. The van der Waals surface area contributed by atoms with Gasteiger partial charge in [0.15, 0.2) is 0 Å². The van der Waals surface area contributed by atoms with Crippen LogP contribution in [0.25, 0.3) is 0 Å². The van der Waals surface area contributed by atoms with E-state index < -0.39 is 15.9 Å². The highest BCUT2D eigenvalue weighted by atomic mass is 32.2. The van der Waals surface area contributed by atoms with Gasteiger partial charge in [-0.2, -0.15) is 0 Å². The number of aromatic nitrogens is 1. The van der Waals surface area contributed by atoms with Crippen molar-refractivity contribution in [2.24, 2.45) is 0 Å². The molecule has 0 bridgehead atoms. The molecular weight excluding hydrogens is 468 g/mol. The number of carbonyl (C=O) groups excluding carboxylic acids is 1. The van der Waals surface area contributed by atoms with Crippen LogP contribution < -0.4 is 19.7 Å². The number of carbonyl (C=O) groups is 1. The summed E-state index contributed by atoms with van der Waals surface area (Å²) in [5, 5.41) is 2.85. The van der Waals surface area contributed by atoms with Crippen LogP contribution in [0.15, 0.2) is 65.7 Å². The van der Waals surface area contributed by atoms with Crippen molar-refractivity contribution in [2.75, 3.05) is 43.0 Å². The fourth-order valence-corrected chi connectivity index (χ4v) is 4.93. The molecule has 35 heavy (non-hydrogen) atoms. The molecule has 2 aromatic carbocycles. The highest BCUT2D eigenvalue weighted by Crippen LogP contribution is 2.27. The van der Waals surface area contributed by atoms with E-state index in [4.69, 9.17) is 9.47 Å². The molecule has 0 atom stereocenters. The number of ether oxygens (including phenoxy) is 2. The minimum atomic E-state index is -3.99. The van der Waals surface area contributed by atoms with Crippen molar-refractivity contribution in [1.82, 2.24) is 10.3 Å². The number of hydrogen-bond donors (Lipinski definition) is 2. The molecule has 10 heteroatoms. The standard InChI is InChI=1S/C25H28N4O5S/c1-18-3-6-21(7-4-18)28-35(31,32)23-16-20(5-8-22(23)33-2)25(30)27-17-19-9-10-26-24(15-19)29-11-13-34-14-12-29/h3-10,15-16,28H,11-14,17H2,1-2H3,(H,27,30). The van der Waals surface area contributed by atoms with E-state index in [-0.39, 0.29) is 22.8 Å². The molecule has 2 heterocycles. The molecule has 4 rings (SSSR count). The number of morpholine rings is 1. The Kier molecular flexibility index (Phi) is 7.52. The summed E-state index contributed by atoms with van der Waals surface area (Å²) in [7, 11) is -2.60. The predicted octanol–water partition coefficient (Wildman–Crippen LogP) is 2.97. The fourth-order valence-electron chi connectivity index (χ4n) is 3.68. The number of methoxy groups -OCH3 is 1. The number of hydrogen-bond acceptors (Lipinski definition) is 7. The Morgan fingerprint density at radius 1 is 1.09 bits per heavy atom. The maximum atomic E-state index is 13.1. The summed E-state index contributed by atoms with van der Waals surface area (Å²) in [6.45, 7) is 5.03. The van der Waals surface area contributed by atoms with Gasteiger partial charge in [-0.05, 0) is 55.0 Å². The number of benzene rings is 2. The van der Waals surface area contributed by atoms with E-state index in [2.05, 4.69) is 19.9 Å². The first-order chi connectivity index (χ1) is 16.9. The van der Waals surface area contributed by atoms with Crippen LogP contribution in [-0.2, 0) is 21.3 Å². The van der Waals surface area contributed by atoms with E-state index in [0.717, 1.165) is 30.0 Å². The van der Waals surface area contributed by atoms with Crippen molar-refractivity contribution in [3.63, 3.8) is 0 Å². The summed E-state index contributed by atoms with van der Waals surface area (Å²) in [5.41, 5.74) is 2.52. The Bertz CT molecular complexity index is 1290. The molecule has 0 unspecified atom stereocenters. The number of amides is 1. The second-order valence-corrected chi connectivity index (χ2v) is 9.79. The van der Waals surface area contributed by atoms with E-state index in [0.29, 0.717) is 18.9 Å². The molecule has 0 aliphatic carbocycles. The van der Waals surface area contributed by atoms with Gasteiger partial charge in [0.1, 0.15) is 16.5 Å². The first kappa shape index (κ1) is 24.5. The smallest absolute Gasteiger partial charge is 0.265 e. The molecule has 0 saturated carbocycles. The Labute approximate surface area is 205 Å². The van der Waals surface area contributed by atoms with Gasteiger partial charge in [-0.15, -0.1) is 0 Å². The van der Waals surface area contributed by atoms with Gasteiger partial charge in [-0.25, -0.2) is 13.4 Å². The average molecular weight is 497 g/mol. The summed E-state index contributed by atoms with van der Waals surface area (Å²) in [4.78, 5) is 19.3. The van der Waals surface area contributed by atoms with Gasteiger partial charge in [-0.1, -0.05) is 17.7 Å². The zero-order chi connectivity index (χ0) is 24.8. The maximum Gasteiger partial charge on any atom is 0.265 e. The number of pyridine rings is 1. The lowest BCUT2D eigenvalue weighted by molar-refractivity contribution is 0.0950.